The second-order valence-electron chi connectivity index (χ2n) is 5.53. The molecular weight excluding hydrogens is 285 g/mol. The second kappa shape index (κ2) is 6.74. The van der Waals surface area contributed by atoms with E-state index in [4.69, 9.17) is 10.4 Å². The van der Waals surface area contributed by atoms with Crippen LogP contribution >= 0.6 is 0 Å². The predicted octanol–water partition coefficient (Wildman–Crippen LogP) is 0.899. The zero-order valence-corrected chi connectivity index (χ0v) is 12.4. The molecule has 2 rings (SSSR count). The molecule has 0 radical (unpaired) electrons. The number of amides is 1. The highest BCUT2D eigenvalue weighted by Crippen LogP contribution is 2.36. The largest absolute Gasteiger partial charge is 0.535 e. The molecule has 1 amide bonds. The Labute approximate surface area is 128 Å². The molecule has 1 atom stereocenters. The van der Waals surface area contributed by atoms with E-state index >= 15 is 0 Å². The van der Waals surface area contributed by atoms with Gasteiger partial charge in [0.15, 0.2) is 5.78 Å². The Morgan fingerprint density at radius 1 is 1.36 bits per heavy atom. The number of carbonyl (C=O) groups is 3. The third-order valence-corrected chi connectivity index (χ3v) is 3.74. The molecule has 0 bridgehead atoms. The normalized spacial score (nSPS) is 16.6. The van der Waals surface area contributed by atoms with E-state index in [1.807, 2.05) is 6.07 Å². The molecule has 1 aromatic carbocycles. The van der Waals surface area contributed by atoms with Gasteiger partial charge in [-0.15, -0.1) is 0 Å². The van der Waals surface area contributed by atoms with E-state index in [-0.39, 0.29) is 30.8 Å². The Kier molecular flexibility index (Phi) is 4.97. The molecule has 22 heavy (non-hydrogen) atoms. The summed E-state index contributed by atoms with van der Waals surface area (Å²) in [6.07, 6.45) is 0.630. The quantitative estimate of drug-likeness (QED) is 0.600. The van der Waals surface area contributed by atoms with Gasteiger partial charge in [0.2, 0.25) is 5.91 Å². The zero-order valence-electron chi connectivity index (χ0n) is 12.4. The average Bonchev–Trinajstić information content (AvgIpc) is 2.45. The highest BCUT2D eigenvalue weighted by molar-refractivity contribution is 6.47. The summed E-state index contributed by atoms with van der Waals surface area (Å²) in [7, 11) is -1.15. The highest BCUT2D eigenvalue weighted by Gasteiger charge is 2.37. The van der Waals surface area contributed by atoms with Crippen LogP contribution < -0.4 is 10.4 Å². The minimum atomic E-state index is -1.15. The van der Waals surface area contributed by atoms with Gasteiger partial charge in [-0.3, -0.25) is 14.4 Å². The number of hydrogen-bond donors (Lipinski definition) is 2. The van der Waals surface area contributed by atoms with Gasteiger partial charge < -0.3 is 15.4 Å². The molecule has 1 aromatic rings. The monoisotopic (exact) mass is 303 g/mol. The van der Waals surface area contributed by atoms with Crippen LogP contribution in [0.1, 0.15) is 42.1 Å². The predicted molar refractivity (Wildman–Crippen MR) is 80.6 cm³/mol. The second-order valence-corrected chi connectivity index (χ2v) is 5.53. The lowest BCUT2D eigenvalue weighted by atomic mass is 9.64. The van der Waals surface area contributed by atoms with E-state index in [2.05, 4.69) is 0 Å². The summed E-state index contributed by atoms with van der Waals surface area (Å²) in [6, 6.07) is 5.21. The molecule has 116 valence electrons. The third kappa shape index (κ3) is 3.73. The first-order valence-corrected chi connectivity index (χ1v) is 7.16. The number of ketones is 2. The number of nitrogens with two attached hydrogens (primary N) is 1. The molecule has 1 aliphatic heterocycles. The van der Waals surface area contributed by atoms with Gasteiger partial charge in [0.05, 0.1) is 5.56 Å². The smallest absolute Gasteiger partial charge is 0.526 e. The fourth-order valence-corrected chi connectivity index (χ4v) is 2.59. The van der Waals surface area contributed by atoms with Crippen LogP contribution in [0.3, 0.4) is 0 Å². The first-order chi connectivity index (χ1) is 10.4. The van der Waals surface area contributed by atoms with E-state index in [1.54, 1.807) is 12.1 Å². The van der Waals surface area contributed by atoms with Crippen molar-refractivity contribution in [3.05, 3.63) is 29.3 Å². The van der Waals surface area contributed by atoms with Crippen LogP contribution in [0.15, 0.2) is 18.2 Å². The van der Waals surface area contributed by atoms with Gasteiger partial charge >= 0.3 is 7.12 Å². The first kappa shape index (κ1) is 16.2. The molecule has 7 heteroatoms. The van der Waals surface area contributed by atoms with E-state index < -0.39 is 18.8 Å². The summed E-state index contributed by atoms with van der Waals surface area (Å²) in [5, 5.41) is 10.1. The van der Waals surface area contributed by atoms with E-state index in [1.165, 1.54) is 6.92 Å². The van der Waals surface area contributed by atoms with Gasteiger partial charge in [0.1, 0.15) is 11.5 Å². The van der Waals surface area contributed by atoms with Crippen molar-refractivity contribution in [2.75, 3.05) is 0 Å². The number of benzene rings is 1. The van der Waals surface area contributed by atoms with Crippen molar-refractivity contribution in [2.24, 2.45) is 5.73 Å². The fourth-order valence-electron chi connectivity index (χ4n) is 2.59. The minimum absolute atomic E-state index is 0.00752. The lowest BCUT2D eigenvalue weighted by Gasteiger charge is -2.28. The number of rotatable bonds is 6. The Bertz CT molecular complexity index is 616. The van der Waals surface area contributed by atoms with Crippen molar-refractivity contribution in [3.8, 4) is 5.75 Å². The SMILES string of the molecule is CC(=O)c1cccc2c1OB(O)[C@@H](CC(=O)CCC(N)=O)C2. The van der Waals surface area contributed by atoms with E-state index in [0.717, 1.165) is 5.56 Å². The van der Waals surface area contributed by atoms with Crippen molar-refractivity contribution in [1.82, 2.24) is 0 Å². The molecule has 0 aliphatic carbocycles. The number of fused-ring (bicyclic) bond motifs is 1. The summed E-state index contributed by atoms with van der Waals surface area (Å²) >= 11 is 0. The molecular formula is C15H18BNO5. The van der Waals surface area contributed by atoms with Crippen LogP contribution in [0.5, 0.6) is 5.75 Å². The Hall–Kier alpha value is -2.15. The lowest BCUT2D eigenvalue weighted by Crippen LogP contribution is -2.35. The summed E-state index contributed by atoms with van der Waals surface area (Å²) in [5.74, 6) is -0.804. The highest BCUT2D eigenvalue weighted by atomic mass is 16.5. The molecule has 0 fully saturated rings. The zero-order chi connectivity index (χ0) is 16.3. The minimum Gasteiger partial charge on any atom is -0.535 e. The maximum absolute atomic E-state index is 11.8. The maximum atomic E-state index is 11.8. The van der Waals surface area contributed by atoms with Gasteiger partial charge in [-0.1, -0.05) is 12.1 Å². The van der Waals surface area contributed by atoms with Crippen molar-refractivity contribution < 1.29 is 24.1 Å². The van der Waals surface area contributed by atoms with Crippen LogP contribution in [0.25, 0.3) is 0 Å². The number of para-hydroxylation sites is 1. The van der Waals surface area contributed by atoms with Crippen molar-refractivity contribution in [3.63, 3.8) is 0 Å². The van der Waals surface area contributed by atoms with E-state index in [9.17, 15) is 19.4 Å². The molecule has 0 aromatic heterocycles. The van der Waals surface area contributed by atoms with Crippen LogP contribution in [0.2, 0.25) is 5.82 Å². The van der Waals surface area contributed by atoms with Gasteiger partial charge in [-0.05, 0) is 25.0 Å². The van der Waals surface area contributed by atoms with Crippen molar-refractivity contribution in [2.45, 2.75) is 38.4 Å². The van der Waals surface area contributed by atoms with Crippen molar-refractivity contribution in [1.29, 1.82) is 0 Å². The number of hydrogen-bond acceptors (Lipinski definition) is 5. The molecule has 1 heterocycles. The van der Waals surface area contributed by atoms with Gasteiger partial charge in [0, 0.05) is 25.1 Å². The fraction of sp³-hybridized carbons (Fsp3) is 0.400. The molecule has 0 saturated heterocycles. The molecule has 1 aliphatic rings. The lowest BCUT2D eigenvalue weighted by molar-refractivity contribution is -0.123. The van der Waals surface area contributed by atoms with Gasteiger partial charge in [-0.25, -0.2) is 0 Å². The summed E-state index contributed by atoms with van der Waals surface area (Å²) in [6.45, 7) is 1.44. The molecule has 0 unspecified atom stereocenters. The summed E-state index contributed by atoms with van der Waals surface area (Å²) < 4.78 is 5.45. The molecule has 3 N–H and O–H groups in total. The maximum Gasteiger partial charge on any atom is 0.526 e. The van der Waals surface area contributed by atoms with Gasteiger partial charge in [-0.2, -0.15) is 0 Å². The van der Waals surface area contributed by atoms with Crippen LogP contribution in [-0.4, -0.2) is 29.6 Å². The molecule has 0 spiro atoms. The number of Topliss-reactive ketones (excluding diaryl/α,β-unsaturated/α-hetero) is 2. The summed E-state index contributed by atoms with van der Waals surface area (Å²) in [5.41, 5.74) is 6.24. The van der Waals surface area contributed by atoms with Crippen LogP contribution in [-0.2, 0) is 16.0 Å². The first-order valence-electron chi connectivity index (χ1n) is 7.16. The molecule has 6 nitrogen and oxygen atoms in total. The Balaban J connectivity index is 2.09. The Morgan fingerprint density at radius 2 is 2.09 bits per heavy atom. The number of primary amides is 1. The van der Waals surface area contributed by atoms with Gasteiger partial charge in [0.25, 0.3) is 0 Å². The average molecular weight is 303 g/mol. The third-order valence-electron chi connectivity index (χ3n) is 3.74. The molecule has 0 saturated carbocycles. The topological polar surface area (TPSA) is 107 Å². The number of carbonyl (C=O) groups excluding carboxylic acids is 3. The van der Waals surface area contributed by atoms with E-state index in [0.29, 0.717) is 17.7 Å². The van der Waals surface area contributed by atoms with Crippen LogP contribution in [0.4, 0.5) is 0 Å². The van der Waals surface area contributed by atoms with Crippen molar-refractivity contribution >= 4 is 24.6 Å². The Morgan fingerprint density at radius 3 is 2.73 bits per heavy atom. The standard InChI is InChI=1S/C15H18BNO5/c1-9(18)13-4-2-3-10-7-11(16(21)22-15(10)13)8-12(19)5-6-14(17)20/h2-4,11,21H,5-8H2,1H3,(H2,17,20)/t11-/m1/s1. The summed E-state index contributed by atoms with van der Waals surface area (Å²) in [4.78, 5) is 34.1. The van der Waals surface area contributed by atoms with Crippen LogP contribution in [0, 0.1) is 0 Å².